The summed E-state index contributed by atoms with van der Waals surface area (Å²) in [5, 5.41) is 0. The van der Waals surface area contributed by atoms with Crippen molar-refractivity contribution in [2.45, 2.75) is 18.4 Å². The van der Waals surface area contributed by atoms with Crippen LogP contribution in [0.4, 0.5) is 0 Å². The van der Waals surface area contributed by atoms with E-state index in [4.69, 9.17) is 0 Å². The number of Topliss-reactive ketones (excluding diaryl/α,β-unsaturated/α-hetero) is 2. The third-order valence-electron chi connectivity index (χ3n) is 5.94. The lowest BCUT2D eigenvalue weighted by atomic mass is 9.90. The topological polar surface area (TPSA) is 89.1 Å². The molecular weight excluding hydrogens is 462 g/mol. The Hall–Kier alpha value is -4.30. The van der Waals surface area contributed by atoms with Crippen LogP contribution in [-0.4, -0.2) is 24.6 Å². The first kappa shape index (κ1) is 22.5. The molecule has 0 amide bonds. The molecule has 0 radical (unpaired) electrons. The molecule has 0 bridgehead atoms. The fourth-order valence-electron chi connectivity index (χ4n) is 4.23. The van der Waals surface area contributed by atoms with Crippen LogP contribution in [0.2, 0.25) is 0 Å². The highest BCUT2D eigenvalue weighted by Crippen LogP contribution is 2.31. The molecule has 35 heavy (non-hydrogen) atoms. The number of allylic oxidation sites excluding steroid dienone is 3. The van der Waals surface area contributed by atoms with Gasteiger partial charge < -0.3 is 0 Å². The highest BCUT2D eigenvalue weighted by atomic mass is 32.2. The fourth-order valence-corrected chi connectivity index (χ4v) is 5.31. The first-order chi connectivity index (χ1) is 16.8. The minimum Gasteiger partial charge on any atom is -0.287 e. The molecule has 1 heterocycles. The van der Waals surface area contributed by atoms with Crippen molar-refractivity contribution in [1.82, 2.24) is 9.29 Å². The highest BCUT2D eigenvalue weighted by molar-refractivity contribution is 7.89. The number of aryl methyl sites for hydroxylation is 1. The molecule has 174 valence electrons. The Morgan fingerprint density at radius 3 is 2.23 bits per heavy atom. The lowest BCUT2D eigenvalue weighted by molar-refractivity contribution is -0.661. The van der Waals surface area contributed by atoms with E-state index in [9.17, 15) is 18.0 Å². The van der Waals surface area contributed by atoms with Gasteiger partial charge in [-0.3, -0.25) is 14.3 Å². The van der Waals surface area contributed by atoms with Gasteiger partial charge in [-0.15, -0.1) is 0 Å². The van der Waals surface area contributed by atoms with Gasteiger partial charge in [-0.1, -0.05) is 66.7 Å². The minimum atomic E-state index is -4.15. The monoisotopic (exact) mass is 484 g/mol. The second-order valence-electron chi connectivity index (χ2n) is 8.26. The molecule has 8 heteroatoms. The highest BCUT2D eigenvalue weighted by Gasteiger charge is 2.39. The summed E-state index contributed by atoms with van der Waals surface area (Å²) in [5.41, 5.74) is 2.38. The zero-order valence-electron chi connectivity index (χ0n) is 18.9. The van der Waals surface area contributed by atoms with Gasteiger partial charge in [0.05, 0.1) is 4.90 Å². The van der Waals surface area contributed by atoms with Gasteiger partial charge >= 0.3 is 0 Å². The first-order valence-corrected chi connectivity index (χ1v) is 12.4. The SMILES string of the molecule is C=CC[n+]1cn(C2=C(NS(=O)(=O)c3ccc(C)cc3)C(=O)c3ccccc3C2=O)c2ccccc21. The number of ketones is 2. The second kappa shape index (κ2) is 8.48. The summed E-state index contributed by atoms with van der Waals surface area (Å²) in [4.78, 5) is 27.4. The Kier molecular flexibility index (Phi) is 5.45. The predicted octanol–water partition coefficient (Wildman–Crippen LogP) is 3.65. The smallest absolute Gasteiger partial charge is 0.262 e. The molecule has 0 aliphatic heterocycles. The van der Waals surface area contributed by atoms with Crippen LogP contribution in [0.15, 0.2) is 102 Å². The number of nitrogens with one attached hydrogen (secondary N) is 1. The van der Waals surface area contributed by atoms with Crippen molar-refractivity contribution in [3.63, 3.8) is 0 Å². The Balaban J connectivity index is 1.77. The van der Waals surface area contributed by atoms with E-state index < -0.39 is 21.6 Å². The molecule has 7 nitrogen and oxygen atoms in total. The van der Waals surface area contributed by atoms with E-state index >= 15 is 0 Å². The Morgan fingerprint density at radius 2 is 1.54 bits per heavy atom. The van der Waals surface area contributed by atoms with Crippen molar-refractivity contribution in [3.05, 3.63) is 114 Å². The van der Waals surface area contributed by atoms with E-state index in [0.717, 1.165) is 11.1 Å². The standard InChI is InChI=1S/C27H21N3O4S/c1-3-16-29-17-30(23-11-7-6-10-22(23)29)25-24(26(31)20-8-4-5-9-21(20)27(25)32)28-35(33,34)19-14-12-18(2)13-15-19/h3-15,17H,1,16H2,2H3/p+1. The number of aromatic nitrogens is 2. The van der Waals surface area contributed by atoms with E-state index in [1.54, 1.807) is 47.3 Å². The van der Waals surface area contributed by atoms with E-state index in [1.807, 2.05) is 35.8 Å². The molecule has 3 aromatic carbocycles. The van der Waals surface area contributed by atoms with Gasteiger partial charge in [0.25, 0.3) is 10.0 Å². The van der Waals surface area contributed by atoms with Crippen molar-refractivity contribution >= 4 is 38.3 Å². The molecule has 5 rings (SSSR count). The van der Waals surface area contributed by atoms with Gasteiger partial charge in [0, 0.05) is 11.1 Å². The molecule has 0 saturated carbocycles. The second-order valence-corrected chi connectivity index (χ2v) is 9.94. The number of carbonyl (C=O) groups is 2. The van der Waals surface area contributed by atoms with Gasteiger partial charge in [-0.25, -0.2) is 13.0 Å². The normalized spacial score (nSPS) is 13.7. The summed E-state index contributed by atoms with van der Waals surface area (Å²) < 4.78 is 32.5. The predicted molar refractivity (Wildman–Crippen MR) is 132 cm³/mol. The number of hydrogen-bond acceptors (Lipinski definition) is 4. The van der Waals surface area contributed by atoms with Crippen molar-refractivity contribution in [3.8, 4) is 0 Å². The van der Waals surface area contributed by atoms with Gasteiger partial charge in [-0.05, 0) is 31.2 Å². The van der Waals surface area contributed by atoms with Crippen molar-refractivity contribution < 1.29 is 22.6 Å². The molecule has 0 atom stereocenters. The van der Waals surface area contributed by atoms with Crippen LogP contribution in [-0.2, 0) is 16.6 Å². The number of nitrogens with zero attached hydrogens (tertiary/aromatic N) is 2. The Morgan fingerprint density at radius 1 is 0.914 bits per heavy atom. The number of sulfonamides is 1. The van der Waals surface area contributed by atoms with Crippen LogP contribution in [0.25, 0.3) is 16.7 Å². The van der Waals surface area contributed by atoms with E-state index in [2.05, 4.69) is 11.3 Å². The summed E-state index contributed by atoms with van der Waals surface area (Å²) in [7, 11) is -4.15. The molecule has 1 aliphatic rings. The number of hydrogen-bond donors (Lipinski definition) is 1. The van der Waals surface area contributed by atoms with Crippen LogP contribution >= 0.6 is 0 Å². The maximum absolute atomic E-state index is 13.8. The molecule has 0 saturated heterocycles. The molecule has 1 aromatic heterocycles. The van der Waals surface area contributed by atoms with Crippen molar-refractivity contribution in [1.29, 1.82) is 0 Å². The lowest BCUT2D eigenvalue weighted by Gasteiger charge is -2.20. The number of rotatable bonds is 6. The number of imidazole rings is 1. The maximum atomic E-state index is 13.8. The molecule has 0 unspecified atom stereocenters. The largest absolute Gasteiger partial charge is 0.287 e. The summed E-state index contributed by atoms with van der Waals surface area (Å²) in [5.74, 6) is -1.02. The number of carbonyl (C=O) groups excluding carboxylic acids is 2. The summed E-state index contributed by atoms with van der Waals surface area (Å²) >= 11 is 0. The first-order valence-electron chi connectivity index (χ1n) is 10.9. The lowest BCUT2D eigenvalue weighted by Crippen LogP contribution is -2.36. The summed E-state index contributed by atoms with van der Waals surface area (Å²) in [6, 6.07) is 20.1. The summed E-state index contributed by atoms with van der Waals surface area (Å²) in [6.45, 7) is 6.10. The van der Waals surface area contributed by atoms with Crippen LogP contribution < -0.4 is 9.29 Å². The number of para-hydroxylation sites is 2. The van der Waals surface area contributed by atoms with Gasteiger partial charge in [0.2, 0.25) is 23.6 Å². The van der Waals surface area contributed by atoms with Gasteiger partial charge in [0.1, 0.15) is 12.2 Å². The molecule has 0 fully saturated rings. The van der Waals surface area contributed by atoms with Gasteiger partial charge in [-0.2, -0.15) is 4.57 Å². The van der Waals surface area contributed by atoms with Crippen molar-refractivity contribution in [2.24, 2.45) is 0 Å². The van der Waals surface area contributed by atoms with E-state index in [1.165, 1.54) is 18.2 Å². The molecule has 1 aliphatic carbocycles. The van der Waals surface area contributed by atoms with E-state index in [-0.39, 0.29) is 27.4 Å². The van der Waals surface area contributed by atoms with Gasteiger partial charge in [0.15, 0.2) is 11.0 Å². The minimum absolute atomic E-state index is 0.00635. The number of benzene rings is 3. The average Bonchev–Trinajstić information content (AvgIpc) is 3.21. The fraction of sp³-hybridized carbons (Fsp3) is 0.0741. The molecular formula is C27H22N3O4S+. The molecule has 1 N–H and O–H groups in total. The Bertz CT molecular complexity index is 1660. The molecule has 0 spiro atoms. The van der Waals surface area contributed by atoms with Crippen LogP contribution in [0.1, 0.15) is 26.3 Å². The third-order valence-corrected chi connectivity index (χ3v) is 7.30. The Labute approximate surface area is 202 Å². The maximum Gasteiger partial charge on any atom is 0.262 e. The van der Waals surface area contributed by atoms with E-state index in [0.29, 0.717) is 12.1 Å². The molecule has 4 aromatic rings. The average molecular weight is 485 g/mol. The van der Waals surface area contributed by atoms with Crippen LogP contribution in [0, 0.1) is 6.92 Å². The zero-order valence-corrected chi connectivity index (χ0v) is 19.7. The van der Waals surface area contributed by atoms with Crippen LogP contribution in [0.5, 0.6) is 0 Å². The number of fused-ring (bicyclic) bond motifs is 2. The summed E-state index contributed by atoms with van der Waals surface area (Å²) in [6.07, 6.45) is 3.40. The zero-order chi connectivity index (χ0) is 24.7. The van der Waals surface area contributed by atoms with Crippen molar-refractivity contribution in [2.75, 3.05) is 0 Å². The third kappa shape index (κ3) is 3.77. The van der Waals surface area contributed by atoms with Crippen LogP contribution in [0.3, 0.4) is 0 Å². The quantitative estimate of drug-likeness (QED) is 0.334.